The van der Waals surface area contributed by atoms with Crippen LogP contribution in [0.1, 0.15) is 12.0 Å². The molecule has 2 aliphatic rings. The fourth-order valence-electron chi connectivity index (χ4n) is 3.92. The summed E-state index contributed by atoms with van der Waals surface area (Å²) in [5.41, 5.74) is 1.79. The highest BCUT2D eigenvalue weighted by Crippen LogP contribution is 2.25. The molecule has 4 rings (SSSR count). The minimum absolute atomic E-state index is 0.0593. The van der Waals surface area contributed by atoms with E-state index in [4.69, 9.17) is 0 Å². The first-order valence-corrected chi connectivity index (χ1v) is 11.9. The van der Waals surface area contributed by atoms with Gasteiger partial charge in [-0.3, -0.25) is 19.8 Å². The molecule has 6 nitrogen and oxygen atoms in total. The first kappa shape index (κ1) is 21.4. The first-order valence-electron chi connectivity index (χ1n) is 10.1. The lowest BCUT2D eigenvalue weighted by Crippen LogP contribution is -2.64. The van der Waals surface area contributed by atoms with Crippen LogP contribution in [-0.2, 0) is 16.1 Å². The number of nitrogens with one attached hydrogen (secondary N) is 3. The molecule has 3 unspecified atom stereocenters. The Morgan fingerprint density at radius 1 is 1.17 bits per heavy atom. The van der Waals surface area contributed by atoms with Crippen LogP contribution in [0.15, 0.2) is 59.1 Å². The number of anilines is 1. The van der Waals surface area contributed by atoms with Crippen molar-refractivity contribution in [3.8, 4) is 0 Å². The van der Waals surface area contributed by atoms with E-state index in [9.17, 15) is 9.59 Å². The Labute approximate surface area is 189 Å². The van der Waals surface area contributed by atoms with Crippen LogP contribution in [-0.4, -0.2) is 47.1 Å². The van der Waals surface area contributed by atoms with E-state index >= 15 is 0 Å². The molecule has 0 bridgehead atoms. The molecule has 3 atom stereocenters. The van der Waals surface area contributed by atoms with Crippen molar-refractivity contribution < 1.29 is 9.59 Å². The number of hydrogen-bond acceptors (Lipinski definition) is 5. The van der Waals surface area contributed by atoms with Crippen LogP contribution in [0, 0.1) is 5.92 Å². The summed E-state index contributed by atoms with van der Waals surface area (Å²) < 4.78 is 0.966. The summed E-state index contributed by atoms with van der Waals surface area (Å²) in [7, 11) is 0. The smallest absolute Gasteiger partial charge is 0.234 e. The Morgan fingerprint density at radius 2 is 1.93 bits per heavy atom. The van der Waals surface area contributed by atoms with E-state index in [-0.39, 0.29) is 35.0 Å². The highest BCUT2D eigenvalue weighted by atomic mass is 79.9. The van der Waals surface area contributed by atoms with E-state index in [1.807, 2.05) is 42.5 Å². The van der Waals surface area contributed by atoms with E-state index in [2.05, 4.69) is 48.9 Å². The van der Waals surface area contributed by atoms with Crippen LogP contribution in [0.4, 0.5) is 5.69 Å². The molecule has 2 heterocycles. The quantitative estimate of drug-likeness (QED) is 0.582. The van der Waals surface area contributed by atoms with Gasteiger partial charge in [-0.05, 0) is 36.2 Å². The number of piperidine rings is 1. The number of benzene rings is 2. The fourth-order valence-corrected chi connectivity index (χ4v) is 5.05. The molecule has 3 N–H and O–H groups in total. The second-order valence-electron chi connectivity index (χ2n) is 7.64. The Bertz CT molecular complexity index is 880. The van der Waals surface area contributed by atoms with E-state index in [1.165, 1.54) is 17.3 Å². The van der Waals surface area contributed by atoms with Gasteiger partial charge in [0.15, 0.2) is 0 Å². The van der Waals surface area contributed by atoms with E-state index in [1.54, 1.807) is 0 Å². The van der Waals surface area contributed by atoms with Crippen LogP contribution >= 0.6 is 27.7 Å². The van der Waals surface area contributed by atoms with Crippen LogP contribution < -0.4 is 16.0 Å². The second-order valence-corrected chi connectivity index (χ2v) is 9.65. The lowest BCUT2D eigenvalue weighted by Gasteiger charge is -2.43. The Balaban J connectivity index is 1.24. The van der Waals surface area contributed by atoms with E-state index in [0.29, 0.717) is 0 Å². The number of thioether (sulfide) groups is 1. The maximum Gasteiger partial charge on any atom is 0.234 e. The molecule has 2 amide bonds. The van der Waals surface area contributed by atoms with Crippen molar-refractivity contribution in [1.82, 2.24) is 15.5 Å². The molecule has 30 heavy (non-hydrogen) atoms. The van der Waals surface area contributed by atoms with Gasteiger partial charge in [-0.2, -0.15) is 0 Å². The van der Waals surface area contributed by atoms with Gasteiger partial charge in [0.25, 0.3) is 0 Å². The van der Waals surface area contributed by atoms with Gasteiger partial charge >= 0.3 is 0 Å². The third kappa shape index (κ3) is 5.63. The number of carbonyl (C=O) groups is 2. The number of nitrogens with zero attached hydrogens (tertiary/aromatic N) is 1. The zero-order valence-corrected chi connectivity index (χ0v) is 18.9. The van der Waals surface area contributed by atoms with Crippen LogP contribution in [0.25, 0.3) is 0 Å². The molecule has 0 aliphatic carbocycles. The van der Waals surface area contributed by atoms with Crippen LogP contribution in [0.2, 0.25) is 0 Å². The summed E-state index contributed by atoms with van der Waals surface area (Å²) in [5.74, 6) is 0.197. The Morgan fingerprint density at radius 3 is 2.70 bits per heavy atom. The summed E-state index contributed by atoms with van der Waals surface area (Å²) in [5, 5.41) is 9.42. The van der Waals surface area contributed by atoms with Crippen molar-refractivity contribution in [2.45, 2.75) is 24.5 Å². The summed E-state index contributed by atoms with van der Waals surface area (Å²) in [6, 6.07) is 18.0. The number of carbonyl (C=O) groups excluding carboxylic acids is 2. The third-order valence-corrected chi connectivity index (χ3v) is 6.98. The molecule has 2 aliphatic heterocycles. The van der Waals surface area contributed by atoms with Gasteiger partial charge in [0, 0.05) is 35.8 Å². The molecule has 2 saturated heterocycles. The topological polar surface area (TPSA) is 73.5 Å². The molecule has 0 spiro atoms. The van der Waals surface area contributed by atoms with E-state index < -0.39 is 0 Å². The number of fused-ring (bicyclic) bond motifs is 1. The number of amides is 2. The van der Waals surface area contributed by atoms with Gasteiger partial charge in [-0.25, -0.2) is 0 Å². The molecule has 158 valence electrons. The lowest BCUT2D eigenvalue weighted by molar-refractivity contribution is -0.130. The van der Waals surface area contributed by atoms with Gasteiger partial charge in [-0.1, -0.05) is 46.3 Å². The van der Waals surface area contributed by atoms with Gasteiger partial charge in [0.05, 0.1) is 11.7 Å². The van der Waals surface area contributed by atoms with Gasteiger partial charge in [0.1, 0.15) is 5.50 Å². The molecular formula is C22H25BrN4O2S. The SMILES string of the molecule is O=C(CSC1NC(=O)C2CN(Cc3ccccc3)CCC2N1)Nc1ccc(Br)cc1. The Kier molecular flexibility index (Phi) is 7.09. The molecule has 2 fully saturated rings. The Hall–Kier alpha value is -1.87. The summed E-state index contributed by atoms with van der Waals surface area (Å²) in [6.45, 7) is 2.57. The third-order valence-electron chi connectivity index (χ3n) is 5.43. The second kappa shape index (κ2) is 9.96. The summed E-state index contributed by atoms with van der Waals surface area (Å²) in [6.07, 6.45) is 0.924. The minimum Gasteiger partial charge on any atom is -0.331 e. The fraction of sp³-hybridized carbons (Fsp3) is 0.364. The normalized spacial score (nSPS) is 24.0. The van der Waals surface area contributed by atoms with Gasteiger partial charge in [-0.15, -0.1) is 11.8 Å². The number of hydrogen-bond donors (Lipinski definition) is 3. The number of likely N-dealkylation sites (tertiary alicyclic amines) is 1. The predicted molar refractivity (Wildman–Crippen MR) is 124 cm³/mol. The number of halogens is 1. The highest BCUT2D eigenvalue weighted by molar-refractivity contribution is 9.10. The zero-order valence-electron chi connectivity index (χ0n) is 16.5. The maximum absolute atomic E-state index is 12.7. The predicted octanol–water partition coefficient (Wildman–Crippen LogP) is 3.01. The molecular weight excluding hydrogens is 464 g/mol. The molecule has 0 aromatic heterocycles. The average molecular weight is 489 g/mol. The summed E-state index contributed by atoms with van der Waals surface area (Å²) >= 11 is 4.79. The minimum atomic E-state index is -0.241. The van der Waals surface area contributed by atoms with Crippen molar-refractivity contribution in [3.05, 3.63) is 64.6 Å². The van der Waals surface area contributed by atoms with Crippen LogP contribution in [0.3, 0.4) is 0 Å². The average Bonchev–Trinajstić information content (AvgIpc) is 2.75. The van der Waals surface area contributed by atoms with Gasteiger partial charge in [0.2, 0.25) is 11.8 Å². The largest absolute Gasteiger partial charge is 0.331 e. The van der Waals surface area contributed by atoms with Crippen molar-refractivity contribution in [1.29, 1.82) is 0 Å². The molecule has 2 aromatic rings. The molecule has 8 heteroatoms. The first-order chi connectivity index (χ1) is 14.6. The zero-order chi connectivity index (χ0) is 20.9. The van der Waals surface area contributed by atoms with Gasteiger partial charge < -0.3 is 10.6 Å². The van der Waals surface area contributed by atoms with Crippen molar-refractivity contribution in [2.24, 2.45) is 5.92 Å². The molecule has 2 aromatic carbocycles. The monoisotopic (exact) mass is 488 g/mol. The maximum atomic E-state index is 12.7. The molecule has 0 saturated carbocycles. The van der Waals surface area contributed by atoms with E-state index in [0.717, 1.165) is 36.2 Å². The standard InChI is InChI=1S/C22H25BrN4O2S/c23-16-6-8-17(9-7-16)24-20(28)14-30-22-25-19-10-11-27(13-18(19)21(29)26-22)12-15-4-2-1-3-5-15/h1-9,18-19,22,25H,10-14H2,(H,24,28)(H,26,29). The van der Waals surface area contributed by atoms with Crippen LogP contribution in [0.5, 0.6) is 0 Å². The van der Waals surface area contributed by atoms with Crippen molar-refractivity contribution >= 4 is 45.2 Å². The molecule has 0 radical (unpaired) electrons. The van der Waals surface area contributed by atoms with Crippen molar-refractivity contribution in [2.75, 3.05) is 24.2 Å². The van der Waals surface area contributed by atoms with Crippen molar-refractivity contribution in [3.63, 3.8) is 0 Å². The lowest BCUT2D eigenvalue weighted by atomic mass is 9.89. The summed E-state index contributed by atoms with van der Waals surface area (Å²) in [4.78, 5) is 27.3. The highest BCUT2D eigenvalue weighted by Gasteiger charge is 2.39. The number of rotatable bonds is 6.